The zero-order valence-electron chi connectivity index (χ0n) is 11.8. The van der Waals surface area contributed by atoms with E-state index in [1.54, 1.807) is 0 Å². The minimum absolute atomic E-state index is 0.529. The van der Waals surface area contributed by atoms with Crippen LogP contribution in [0.4, 0.5) is 5.69 Å². The van der Waals surface area contributed by atoms with Crippen LogP contribution in [0.25, 0.3) is 0 Å². The molecule has 106 valence electrons. The van der Waals surface area contributed by atoms with Gasteiger partial charge in [-0.05, 0) is 53.4 Å². The number of piperazine rings is 1. The number of hydrogen-bond acceptors (Lipinski definition) is 2. The Balaban J connectivity index is 2.16. The van der Waals surface area contributed by atoms with E-state index in [1.165, 1.54) is 16.6 Å². The highest BCUT2D eigenvalue weighted by atomic mass is 79.9. The average molecular weight is 390 g/mol. The summed E-state index contributed by atoms with van der Waals surface area (Å²) in [6.45, 7) is 9.01. The Morgan fingerprint density at radius 2 is 2.11 bits per heavy atom. The largest absolute Gasteiger partial charge is 0.365 e. The second-order valence-corrected chi connectivity index (χ2v) is 7.60. The van der Waals surface area contributed by atoms with E-state index in [9.17, 15) is 0 Å². The van der Waals surface area contributed by atoms with Gasteiger partial charge in [-0.25, -0.2) is 0 Å². The number of benzene rings is 1. The second-order valence-electron chi connectivity index (χ2n) is 5.83. The van der Waals surface area contributed by atoms with Gasteiger partial charge in [-0.15, -0.1) is 0 Å². The second kappa shape index (κ2) is 6.59. The summed E-state index contributed by atoms with van der Waals surface area (Å²) in [4.78, 5) is 2.51. The quantitative estimate of drug-likeness (QED) is 0.822. The number of halogens is 2. The van der Waals surface area contributed by atoms with Crippen molar-refractivity contribution in [3.63, 3.8) is 0 Å². The predicted molar refractivity (Wildman–Crippen MR) is 89.9 cm³/mol. The van der Waals surface area contributed by atoms with E-state index >= 15 is 0 Å². The fourth-order valence-corrected chi connectivity index (χ4v) is 3.98. The van der Waals surface area contributed by atoms with Crippen LogP contribution in [0.5, 0.6) is 0 Å². The number of nitrogens with zero attached hydrogens (tertiary/aromatic N) is 1. The van der Waals surface area contributed by atoms with Crippen molar-refractivity contribution in [1.82, 2.24) is 5.32 Å². The summed E-state index contributed by atoms with van der Waals surface area (Å²) in [5, 5.41) is 3.66. The highest BCUT2D eigenvalue weighted by Gasteiger charge is 2.26. The molecule has 2 unspecified atom stereocenters. The third-order valence-electron chi connectivity index (χ3n) is 3.63. The Morgan fingerprint density at radius 3 is 2.74 bits per heavy atom. The lowest BCUT2D eigenvalue weighted by Gasteiger charge is -2.41. The van der Waals surface area contributed by atoms with Gasteiger partial charge in [0, 0.05) is 34.1 Å². The van der Waals surface area contributed by atoms with E-state index in [-0.39, 0.29) is 0 Å². The molecule has 0 saturated carbocycles. The fourth-order valence-electron chi connectivity index (χ4n) is 2.71. The van der Waals surface area contributed by atoms with E-state index in [1.807, 2.05) is 0 Å². The molecule has 0 spiro atoms. The summed E-state index contributed by atoms with van der Waals surface area (Å²) in [5.41, 5.74) is 1.30. The molecule has 1 heterocycles. The summed E-state index contributed by atoms with van der Waals surface area (Å²) >= 11 is 7.21. The molecule has 1 fully saturated rings. The fraction of sp³-hybridized carbons (Fsp3) is 0.600. The Kier molecular flexibility index (Phi) is 5.32. The first-order chi connectivity index (χ1) is 8.97. The summed E-state index contributed by atoms with van der Waals surface area (Å²) in [5.74, 6) is 0.737. The lowest BCUT2D eigenvalue weighted by Crippen LogP contribution is -2.56. The first kappa shape index (κ1) is 15.3. The van der Waals surface area contributed by atoms with Crippen LogP contribution >= 0.6 is 31.9 Å². The zero-order chi connectivity index (χ0) is 14.0. The Hall–Kier alpha value is -0.0600. The van der Waals surface area contributed by atoms with Gasteiger partial charge in [0.25, 0.3) is 0 Å². The van der Waals surface area contributed by atoms with E-state index in [2.05, 4.69) is 81.0 Å². The van der Waals surface area contributed by atoms with Crippen molar-refractivity contribution in [1.29, 1.82) is 0 Å². The number of rotatable bonds is 3. The molecule has 1 aliphatic rings. The third kappa shape index (κ3) is 3.96. The van der Waals surface area contributed by atoms with Gasteiger partial charge >= 0.3 is 0 Å². The number of nitrogens with one attached hydrogen (secondary N) is 1. The molecule has 0 aromatic heterocycles. The molecule has 0 amide bonds. The van der Waals surface area contributed by atoms with Gasteiger partial charge in [0.1, 0.15) is 0 Å². The standard InChI is InChI=1S/C15H22Br2N2/c1-10(2)6-13-9-19(11(3)8-18-13)15-5-4-12(16)7-14(15)17/h4-5,7,10-11,13,18H,6,8-9H2,1-3H3. The summed E-state index contributed by atoms with van der Waals surface area (Å²) in [6, 6.07) is 7.56. The van der Waals surface area contributed by atoms with E-state index in [0.29, 0.717) is 12.1 Å². The molecular weight excluding hydrogens is 368 g/mol. The van der Waals surface area contributed by atoms with Gasteiger partial charge in [-0.3, -0.25) is 0 Å². The SMILES string of the molecule is CC(C)CC1CN(c2ccc(Br)cc2Br)C(C)CN1. The molecule has 1 aliphatic heterocycles. The molecular formula is C15H22Br2N2. The summed E-state index contributed by atoms with van der Waals surface area (Å²) in [7, 11) is 0. The molecule has 1 N–H and O–H groups in total. The molecule has 2 rings (SSSR count). The molecule has 1 aromatic carbocycles. The molecule has 19 heavy (non-hydrogen) atoms. The lowest BCUT2D eigenvalue weighted by atomic mass is 9.99. The first-order valence-corrected chi connectivity index (χ1v) is 8.51. The smallest absolute Gasteiger partial charge is 0.0514 e. The topological polar surface area (TPSA) is 15.3 Å². The van der Waals surface area contributed by atoms with Crippen LogP contribution in [0.1, 0.15) is 27.2 Å². The van der Waals surface area contributed by atoms with Crippen LogP contribution in [0.15, 0.2) is 27.1 Å². The summed E-state index contributed by atoms with van der Waals surface area (Å²) in [6.07, 6.45) is 1.23. The van der Waals surface area contributed by atoms with Crippen LogP contribution in [0.3, 0.4) is 0 Å². The Morgan fingerprint density at radius 1 is 1.37 bits per heavy atom. The van der Waals surface area contributed by atoms with Gasteiger partial charge in [0.2, 0.25) is 0 Å². The predicted octanol–water partition coefficient (Wildman–Crippen LogP) is 4.42. The maximum Gasteiger partial charge on any atom is 0.0514 e. The maximum absolute atomic E-state index is 3.69. The number of anilines is 1. The van der Waals surface area contributed by atoms with Crippen molar-refractivity contribution in [3.8, 4) is 0 Å². The van der Waals surface area contributed by atoms with E-state index < -0.39 is 0 Å². The average Bonchev–Trinajstić information content (AvgIpc) is 2.31. The lowest BCUT2D eigenvalue weighted by molar-refractivity contribution is 0.355. The Labute approximate surface area is 133 Å². The Bertz CT molecular complexity index is 434. The van der Waals surface area contributed by atoms with Crippen molar-refractivity contribution in [2.75, 3.05) is 18.0 Å². The van der Waals surface area contributed by atoms with Crippen LogP contribution < -0.4 is 10.2 Å². The highest BCUT2D eigenvalue weighted by Crippen LogP contribution is 2.32. The molecule has 2 atom stereocenters. The minimum atomic E-state index is 0.529. The summed E-state index contributed by atoms with van der Waals surface area (Å²) < 4.78 is 2.28. The van der Waals surface area contributed by atoms with Gasteiger partial charge in [-0.1, -0.05) is 29.8 Å². The van der Waals surface area contributed by atoms with Crippen molar-refractivity contribution in [2.24, 2.45) is 5.92 Å². The third-order valence-corrected chi connectivity index (χ3v) is 4.75. The van der Waals surface area contributed by atoms with Crippen LogP contribution in [-0.2, 0) is 0 Å². The molecule has 1 saturated heterocycles. The molecule has 4 heteroatoms. The van der Waals surface area contributed by atoms with Gasteiger partial charge < -0.3 is 10.2 Å². The van der Waals surface area contributed by atoms with E-state index in [4.69, 9.17) is 0 Å². The van der Waals surface area contributed by atoms with Crippen LogP contribution in [0.2, 0.25) is 0 Å². The minimum Gasteiger partial charge on any atom is -0.365 e. The zero-order valence-corrected chi connectivity index (χ0v) is 15.0. The van der Waals surface area contributed by atoms with Crippen LogP contribution in [-0.4, -0.2) is 25.2 Å². The molecule has 0 aliphatic carbocycles. The van der Waals surface area contributed by atoms with Gasteiger partial charge in [0.15, 0.2) is 0 Å². The van der Waals surface area contributed by atoms with Crippen molar-refractivity contribution in [2.45, 2.75) is 39.3 Å². The monoisotopic (exact) mass is 388 g/mol. The van der Waals surface area contributed by atoms with Gasteiger partial charge in [-0.2, -0.15) is 0 Å². The highest BCUT2D eigenvalue weighted by molar-refractivity contribution is 9.11. The van der Waals surface area contributed by atoms with E-state index in [0.717, 1.165) is 23.5 Å². The van der Waals surface area contributed by atoms with Crippen LogP contribution in [0, 0.1) is 5.92 Å². The molecule has 2 nitrogen and oxygen atoms in total. The van der Waals surface area contributed by atoms with Crippen molar-refractivity contribution >= 4 is 37.5 Å². The first-order valence-electron chi connectivity index (χ1n) is 6.92. The molecule has 1 aromatic rings. The van der Waals surface area contributed by atoms with Crippen molar-refractivity contribution < 1.29 is 0 Å². The number of hydrogen-bond donors (Lipinski definition) is 1. The molecule has 0 bridgehead atoms. The normalized spacial score (nSPS) is 24.0. The molecule has 0 radical (unpaired) electrons. The maximum atomic E-state index is 3.69. The van der Waals surface area contributed by atoms with Gasteiger partial charge in [0.05, 0.1) is 5.69 Å². The van der Waals surface area contributed by atoms with Crippen molar-refractivity contribution in [3.05, 3.63) is 27.1 Å².